The van der Waals surface area contributed by atoms with Gasteiger partial charge in [-0.3, -0.25) is 4.31 Å². The van der Waals surface area contributed by atoms with Gasteiger partial charge in [0.1, 0.15) is 6.17 Å². The molecule has 0 aliphatic carbocycles. The third kappa shape index (κ3) is 1.88. The van der Waals surface area contributed by atoms with E-state index in [4.69, 9.17) is 0 Å². The summed E-state index contributed by atoms with van der Waals surface area (Å²) in [5, 5.41) is 0. The largest absolute Gasteiger partial charge is 0.352 e. The number of rotatable bonds is 2. The Morgan fingerprint density at radius 1 is 1.00 bits per heavy atom. The molecule has 0 saturated carbocycles. The molecule has 124 valence electrons. The maximum absolute atomic E-state index is 12.4. The van der Waals surface area contributed by atoms with Gasteiger partial charge in [0.25, 0.3) is 0 Å². The topological polar surface area (TPSA) is 40.6 Å². The lowest BCUT2D eigenvalue weighted by atomic mass is 9.75. The van der Waals surface area contributed by atoms with E-state index in [-0.39, 0.29) is 6.17 Å². The summed E-state index contributed by atoms with van der Waals surface area (Å²) < 4.78 is 26.4. The smallest absolute Gasteiger partial charge is 0.233 e. The Kier molecular flexibility index (Phi) is 3.09. The van der Waals surface area contributed by atoms with Crippen molar-refractivity contribution >= 4 is 21.3 Å². The molecule has 0 fully saturated rings. The summed E-state index contributed by atoms with van der Waals surface area (Å²) in [6, 6.07) is 18.2. The molecular formula is C19H20N2O2S. The van der Waals surface area contributed by atoms with E-state index in [2.05, 4.69) is 24.0 Å². The van der Waals surface area contributed by atoms with Crippen LogP contribution in [0, 0.1) is 0 Å². The summed E-state index contributed by atoms with van der Waals surface area (Å²) in [7, 11) is -1.40. The zero-order chi connectivity index (χ0) is 17.1. The minimum Gasteiger partial charge on any atom is -0.352 e. The van der Waals surface area contributed by atoms with E-state index in [0.29, 0.717) is 0 Å². The third-order valence-electron chi connectivity index (χ3n) is 5.25. The second-order valence-electron chi connectivity index (χ2n) is 6.71. The molecule has 5 heteroatoms. The molecule has 0 unspecified atom stereocenters. The number of anilines is 1. The van der Waals surface area contributed by atoms with Gasteiger partial charge in [0, 0.05) is 18.9 Å². The number of fused-ring (bicyclic) bond motifs is 3. The average Bonchev–Trinajstić information content (AvgIpc) is 2.99. The first-order valence-electron chi connectivity index (χ1n) is 7.93. The molecule has 2 atom stereocenters. The molecule has 4 rings (SSSR count). The molecule has 2 aromatic carbocycles. The van der Waals surface area contributed by atoms with Crippen LogP contribution in [-0.2, 0) is 15.4 Å². The van der Waals surface area contributed by atoms with Crippen molar-refractivity contribution < 1.29 is 8.42 Å². The Morgan fingerprint density at radius 2 is 1.62 bits per heavy atom. The van der Waals surface area contributed by atoms with Crippen molar-refractivity contribution in [3.63, 3.8) is 0 Å². The first-order chi connectivity index (χ1) is 11.3. The van der Waals surface area contributed by atoms with Gasteiger partial charge in [0.2, 0.25) is 10.0 Å². The van der Waals surface area contributed by atoms with Crippen LogP contribution in [0.25, 0.3) is 5.57 Å². The van der Waals surface area contributed by atoms with E-state index in [1.807, 2.05) is 55.7 Å². The number of para-hydroxylation sites is 1. The zero-order valence-electron chi connectivity index (χ0n) is 14.0. The summed E-state index contributed by atoms with van der Waals surface area (Å²) in [6.07, 6.45) is 2.80. The number of nitrogens with zero attached hydrogens (tertiary/aromatic N) is 2. The fraction of sp³-hybridized carbons (Fsp3) is 0.263. The lowest BCUT2D eigenvalue weighted by Crippen LogP contribution is -2.49. The molecule has 4 nitrogen and oxygen atoms in total. The highest BCUT2D eigenvalue weighted by Gasteiger charge is 2.57. The average molecular weight is 340 g/mol. The van der Waals surface area contributed by atoms with Crippen molar-refractivity contribution in [3.8, 4) is 0 Å². The summed E-state index contributed by atoms with van der Waals surface area (Å²) in [5.74, 6) is 0. The molecule has 0 saturated heterocycles. The van der Waals surface area contributed by atoms with Crippen LogP contribution in [0.4, 0.5) is 5.69 Å². The van der Waals surface area contributed by atoms with Crippen LogP contribution in [0.3, 0.4) is 0 Å². The monoisotopic (exact) mass is 340 g/mol. The molecule has 2 aromatic rings. The Morgan fingerprint density at radius 3 is 2.29 bits per heavy atom. The van der Waals surface area contributed by atoms with Gasteiger partial charge >= 0.3 is 0 Å². The van der Waals surface area contributed by atoms with Gasteiger partial charge in [-0.05, 0) is 29.7 Å². The Bertz CT molecular complexity index is 937. The second kappa shape index (κ2) is 4.86. The molecule has 0 amide bonds. The minimum atomic E-state index is -3.37. The van der Waals surface area contributed by atoms with Crippen LogP contribution in [0.5, 0.6) is 0 Å². The van der Waals surface area contributed by atoms with Crippen molar-refractivity contribution in [3.05, 3.63) is 71.9 Å². The molecule has 2 aliphatic heterocycles. The standard InChI is InChI=1S/C19H20N2O2S/c1-19-15-11-7-8-12-17(15)20(2)18(19)21(24(3,22)23)13-16(19)14-9-5-4-6-10-14/h4-13,18H,1-3H3/t18-,19+/m0/s1. The summed E-state index contributed by atoms with van der Waals surface area (Å²) in [4.78, 5) is 2.07. The summed E-state index contributed by atoms with van der Waals surface area (Å²) >= 11 is 0. The summed E-state index contributed by atoms with van der Waals surface area (Å²) in [6.45, 7) is 2.14. The number of hydrogen-bond acceptors (Lipinski definition) is 3. The van der Waals surface area contributed by atoms with Crippen LogP contribution in [-0.4, -0.2) is 32.2 Å². The van der Waals surface area contributed by atoms with Gasteiger partial charge in [-0.25, -0.2) is 8.42 Å². The first-order valence-corrected chi connectivity index (χ1v) is 9.78. The predicted octanol–water partition coefficient (Wildman–Crippen LogP) is 3.04. The van der Waals surface area contributed by atoms with E-state index < -0.39 is 15.4 Å². The van der Waals surface area contributed by atoms with Crippen molar-refractivity contribution in [2.75, 3.05) is 18.2 Å². The van der Waals surface area contributed by atoms with Crippen molar-refractivity contribution in [1.82, 2.24) is 4.31 Å². The van der Waals surface area contributed by atoms with Gasteiger partial charge in [0.15, 0.2) is 0 Å². The fourth-order valence-electron chi connectivity index (χ4n) is 4.19. The van der Waals surface area contributed by atoms with Gasteiger partial charge in [-0.2, -0.15) is 0 Å². The Balaban J connectivity index is 2.01. The third-order valence-corrected chi connectivity index (χ3v) is 6.32. The maximum atomic E-state index is 12.4. The highest BCUT2D eigenvalue weighted by molar-refractivity contribution is 7.88. The molecule has 0 radical (unpaired) electrons. The lowest BCUT2D eigenvalue weighted by molar-refractivity contribution is 0.356. The quantitative estimate of drug-likeness (QED) is 0.844. The fourth-order valence-corrected chi connectivity index (χ4v) is 5.20. The molecular weight excluding hydrogens is 320 g/mol. The van der Waals surface area contributed by atoms with Crippen LogP contribution < -0.4 is 4.90 Å². The highest BCUT2D eigenvalue weighted by Crippen LogP contribution is 2.56. The predicted molar refractivity (Wildman–Crippen MR) is 97.1 cm³/mol. The minimum absolute atomic E-state index is 0.278. The van der Waals surface area contributed by atoms with Crippen LogP contribution in [0.1, 0.15) is 18.1 Å². The SMILES string of the molecule is CN1c2ccccc2[C@]2(C)C(c3ccccc3)=CN(S(C)(=O)=O)[C@H]12. The maximum Gasteiger partial charge on any atom is 0.233 e. The van der Waals surface area contributed by atoms with Crippen LogP contribution in [0.2, 0.25) is 0 Å². The van der Waals surface area contributed by atoms with E-state index in [9.17, 15) is 8.42 Å². The number of hydrogen-bond donors (Lipinski definition) is 0. The second-order valence-corrected chi connectivity index (χ2v) is 8.59. The van der Waals surface area contributed by atoms with Gasteiger partial charge in [-0.1, -0.05) is 48.5 Å². The van der Waals surface area contributed by atoms with Crippen molar-refractivity contribution in [1.29, 1.82) is 0 Å². The van der Waals surface area contributed by atoms with E-state index in [0.717, 1.165) is 16.8 Å². The van der Waals surface area contributed by atoms with E-state index >= 15 is 0 Å². The van der Waals surface area contributed by atoms with E-state index in [1.54, 1.807) is 0 Å². The normalized spacial score (nSPS) is 25.5. The molecule has 0 aromatic heterocycles. The molecule has 2 aliphatic rings. The van der Waals surface area contributed by atoms with Crippen LogP contribution >= 0.6 is 0 Å². The number of likely N-dealkylation sites (N-methyl/N-ethyl adjacent to an activating group) is 1. The molecule has 0 N–H and O–H groups in total. The molecule has 0 spiro atoms. The lowest BCUT2D eigenvalue weighted by Gasteiger charge is -2.35. The van der Waals surface area contributed by atoms with Crippen LogP contribution in [0.15, 0.2) is 60.8 Å². The first kappa shape index (κ1) is 15.3. The van der Waals surface area contributed by atoms with Crippen molar-refractivity contribution in [2.45, 2.75) is 18.5 Å². The van der Waals surface area contributed by atoms with Gasteiger partial charge < -0.3 is 4.90 Å². The van der Waals surface area contributed by atoms with E-state index in [1.165, 1.54) is 16.1 Å². The number of sulfonamides is 1. The van der Waals surface area contributed by atoms with Gasteiger partial charge in [0.05, 0.1) is 11.7 Å². The molecule has 2 heterocycles. The van der Waals surface area contributed by atoms with Crippen molar-refractivity contribution in [2.24, 2.45) is 0 Å². The Hall–Kier alpha value is -2.27. The zero-order valence-corrected chi connectivity index (χ0v) is 14.8. The van der Waals surface area contributed by atoms with Gasteiger partial charge in [-0.15, -0.1) is 0 Å². The number of benzene rings is 2. The molecule has 0 bridgehead atoms. The summed E-state index contributed by atoms with van der Waals surface area (Å²) in [5.41, 5.74) is 3.94. The Labute approximate surface area is 143 Å². The highest BCUT2D eigenvalue weighted by atomic mass is 32.2. The molecule has 24 heavy (non-hydrogen) atoms.